The molecule has 0 atom stereocenters. The average molecular weight is 433 g/mol. The molecule has 1 saturated carbocycles. The van der Waals surface area contributed by atoms with E-state index in [-0.39, 0.29) is 18.2 Å². The molecule has 0 N–H and O–H groups in total. The molecule has 2 rings (SSSR count). The molecule has 0 spiro atoms. The van der Waals surface area contributed by atoms with Crippen LogP contribution in [0.5, 0.6) is 5.75 Å². The average Bonchev–Trinajstić information content (AvgIpc) is 2.79. The highest BCUT2D eigenvalue weighted by Gasteiger charge is 2.28. The summed E-state index contributed by atoms with van der Waals surface area (Å²) < 4.78 is 16.2. The van der Waals surface area contributed by atoms with Crippen molar-refractivity contribution < 1.29 is 23.8 Å². The largest absolute Gasteiger partial charge is 0.465 e. The van der Waals surface area contributed by atoms with Crippen LogP contribution in [0, 0.1) is 0 Å². The molecule has 0 aliphatic heterocycles. The number of nitrogens with zero attached hydrogens (tertiary/aromatic N) is 2. The Bertz CT molecular complexity index is 698. The van der Waals surface area contributed by atoms with E-state index in [4.69, 9.17) is 9.47 Å². The summed E-state index contributed by atoms with van der Waals surface area (Å²) >= 11 is 0. The van der Waals surface area contributed by atoms with E-state index in [2.05, 4.69) is 23.3 Å². The predicted octanol–water partition coefficient (Wildman–Crippen LogP) is 4.13. The first kappa shape index (κ1) is 24.9. The Kier molecular flexibility index (Phi) is 10.5. The zero-order chi connectivity index (χ0) is 22.6. The first-order valence-corrected chi connectivity index (χ1v) is 11.0. The Morgan fingerprint density at radius 1 is 1.10 bits per heavy atom. The van der Waals surface area contributed by atoms with Gasteiger partial charge >= 0.3 is 12.1 Å². The van der Waals surface area contributed by atoms with Crippen molar-refractivity contribution in [2.75, 3.05) is 40.9 Å². The van der Waals surface area contributed by atoms with Crippen LogP contribution in [0.15, 0.2) is 36.9 Å². The van der Waals surface area contributed by atoms with Gasteiger partial charge in [0.05, 0.1) is 18.8 Å². The fraction of sp³-hybridized carbons (Fsp3) is 0.583. The number of carbonyl (C=O) groups excluding carboxylic acids is 2. The van der Waals surface area contributed by atoms with Crippen molar-refractivity contribution in [3.8, 4) is 5.75 Å². The maximum absolute atomic E-state index is 12.5. The van der Waals surface area contributed by atoms with Crippen LogP contribution in [0.2, 0.25) is 0 Å². The zero-order valence-corrected chi connectivity index (χ0v) is 19.0. The molecule has 0 unspecified atom stereocenters. The predicted molar refractivity (Wildman–Crippen MR) is 120 cm³/mol. The summed E-state index contributed by atoms with van der Waals surface area (Å²) in [7, 11) is 5.20. The highest BCUT2D eigenvalue weighted by Crippen LogP contribution is 2.25. The third kappa shape index (κ3) is 8.34. The van der Waals surface area contributed by atoms with Crippen molar-refractivity contribution in [3.05, 3.63) is 42.5 Å². The minimum absolute atomic E-state index is 0.147. The van der Waals surface area contributed by atoms with Crippen LogP contribution < -0.4 is 4.74 Å². The summed E-state index contributed by atoms with van der Waals surface area (Å²) in [5.74, 6) is -0.0192. The van der Waals surface area contributed by atoms with E-state index in [1.165, 1.54) is 7.11 Å². The van der Waals surface area contributed by atoms with Gasteiger partial charge in [-0.15, -0.1) is 6.58 Å². The maximum Gasteiger partial charge on any atom is 0.415 e. The molecule has 7 heteroatoms. The van der Waals surface area contributed by atoms with Gasteiger partial charge in [0, 0.05) is 26.2 Å². The highest BCUT2D eigenvalue weighted by molar-refractivity contribution is 5.89. The SMILES string of the molecule is C=CCN(C)CCCCOC1CCC(N(C)C(=O)Oc2ccc(C(=O)OC)cc2)CC1. The summed E-state index contributed by atoms with van der Waals surface area (Å²) in [6, 6.07) is 6.49. The van der Waals surface area contributed by atoms with Gasteiger partial charge in [-0.3, -0.25) is 0 Å². The topological polar surface area (TPSA) is 68.3 Å². The van der Waals surface area contributed by atoms with E-state index in [9.17, 15) is 9.59 Å². The van der Waals surface area contributed by atoms with Crippen LogP contribution >= 0.6 is 0 Å². The van der Waals surface area contributed by atoms with Gasteiger partial charge < -0.3 is 24.0 Å². The number of hydrogen-bond acceptors (Lipinski definition) is 6. The van der Waals surface area contributed by atoms with Gasteiger partial charge in [-0.2, -0.15) is 0 Å². The van der Waals surface area contributed by atoms with Crippen LogP contribution in [-0.4, -0.2) is 74.9 Å². The molecular formula is C24H36N2O5. The van der Waals surface area contributed by atoms with Gasteiger partial charge in [-0.05, 0) is 76.4 Å². The van der Waals surface area contributed by atoms with Gasteiger partial charge in [0.1, 0.15) is 5.75 Å². The molecule has 7 nitrogen and oxygen atoms in total. The normalized spacial score (nSPS) is 18.5. The Morgan fingerprint density at radius 2 is 1.77 bits per heavy atom. The van der Waals surface area contributed by atoms with Crippen molar-refractivity contribution in [1.82, 2.24) is 9.80 Å². The van der Waals surface area contributed by atoms with E-state index >= 15 is 0 Å². The number of esters is 1. The lowest BCUT2D eigenvalue weighted by molar-refractivity contribution is 0.0101. The van der Waals surface area contributed by atoms with Crippen LogP contribution in [-0.2, 0) is 9.47 Å². The van der Waals surface area contributed by atoms with Gasteiger partial charge in [-0.25, -0.2) is 9.59 Å². The van der Waals surface area contributed by atoms with E-state index in [0.29, 0.717) is 11.3 Å². The minimum Gasteiger partial charge on any atom is -0.465 e. The van der Waals surface area contributed by atoms with Crippen molar-refractivity contribution in [2.45, 2.75) is 50.7 Å². The Hall–Kier alpha value is -2.38. The van der Waals surface area contributed by atoms with E-state index in [1.54, 1.807) is 36.2 Å². The Morgan fingerprint density at radius 3 is 2.39 bits per heavy atom. The molecule has 1 fully saturated rings. The lowest BCUT2D eigenvalue weighted by atomic mass is 9.92. The van der Waals surface area contributed by atoms with Crippen LogP contribution in [0.3, 0.4) is 0 Å². The fourth-order valence-corrected chi connectivity index (χ4v) is 3.74. The van der Waals surface area contributed by atoms with Crippen molar-refractivity contribution in [2.24, 2.45) is 0 Å². The second kappa shape index (κ2) is 13.1. The molecule has 1 amide bonds. The number of ether oxygens (including phenoxy) is 3. The molecule has 1 aromatic carbocycles. The maximum atomic E-state index is 12.5. The number of carbonyl (C=O) groups is 2. The molecule has 1 aromatic rings. The van der Waals surface area contributed by atoms with Crippen molar-refractivity contribution in [3.63, 3.8) is 0 Å². The van der Waals surface area contributed by atoms with Crippen molar-refractivity contribution >= 4 is 12.1 Å². The number of hydrogen-bond donors (Lipinski definition) is 0. The lowest BCUT2D eigenvalue weighted by Gasteiger charge is -2.34. The summed E-state index contributed by atoms with van der Waals surface area (Å²) in [5.41, 5.74) is 0.415. The third-order valence-electron chi connectivity index (χ3n) is 5.69. The molecule has 172 valence electrons. The zero-order valence-electron chi connectivity index (χ0n) is 19.0. The first-order valence-electron chi connectivity index (χ1n) is 11.0. The molecule has 1 aliphatic rings. The number of unbranched alkanes of at least 4 members (excludes halogenated alkanes) is 1. The van der Waals surface area contributed by atoms with Gasteiger partial charge in [-0.1, -0.05) is 6.08 Å². The molecule has 1 aliphatic carbocycles. The summed E-state index contributed by atoms with van der Waals surface area (Å²) in [6.45, 7) is 6.51. The van der Waals surface area contributed by atoms with E-state index in [1.807, 2.05) is 6.08 Å². The standard InChI is InChI=1S/C24H36N2O5/c1-5-16-25(2)17-6-7-18-30-21-14-10-20(11-15-21)26(3)24(28)31-22-12-8-19(9-13-22)23(27)29-4/h5,8-9,12-13,20-21H,1,6-7,10-11,14-18H2,2-4H3. The minimum atomic E-state index is -0.422. The number of benzene rings is 1. The van der Waals surface area contributed by atoms with Crippen LogP contribution in [0.1, 0.15) is 48.9 Å². The molecule has 0 radical (unpaired) electrons. The van der Waals surface area contributed by atoms with E-state index in [0.717, 1.165) is 58.2 Å². The quantitative estimate of drug-likeness (QED) is 0.298. The Labute approximate surface area is 185 Å². The summed E-state index contributed by atoms with van der Waals surface area (Å²) in [5, 5.41) is 0. The molecule has 0 saturated heterocycles. The smallest absolute Gasteiger partial charge is 0.415 e. The van der Waals surface area contributed by atoms with Gasteiger partial charge in [0.25, 0.3) is 0 Å². The third-order valence-corrected chi connectivity index (χ3v) is 5.69. The molecule has 0 heterocycles. The number of methoxy groups -OCH3 is 1. The number of likely N-dealkylation sites (N-methyl/N-ethyl adjacent to an activating group) is 1. The lowest BCUT2D eigenvalue weighted by Crippen LogP contribution is -2.42. The second-order valence-corrected chi connectivity index (χ2v) is 8.05. The summed E-state index contributed by atoms with van der Waals surface area (Å²) in [6.07, 6.45) is 7.69. The fourth-order valence-electron chi connectivity index (χ4n) is 3.74. The number of rotatable bonds is 11. The summed E-state index contributed by atoms with van der Waals surface area (Å²) in [4.78, 5) is 27.9. The second-order valence-electron chi connectivity index (χ2n) is 8.05. The van der Waals surface area contributed by atoms with Crippen LogP contribution in [0.4, 0.5) is 4.79 Å². The molecule has 0 bridgehead atoms. The van der Waals surface area contributed by atoms with Gasteiger partial charge in [0.2, 0.25) is 0 Å². The molecule has 0 aromatic heterocycles. The monoisotopic (exact) mass is 432 g/mol. The Balaban J connectivity index is 1.66. The van der Waals surface area contributed by atoms with Crippen LogP contribution in [0.25, 0.3) is 0 Å². The molecule has 31 heavy (non-hydrogen) atoms. The number of amides is 1. The van der Waals surface area contributed by atoms with E-state index < -0.39 is 5.97 Å². The highest BCUT2D eigenvalue weighted by atomic mass is 16.6. The molecular weight excluding hydrogens is 396 g/mol. The van der Waals surface area contributed by atoms with Gasteiger partial charge in [0.15, 0.2) is 0 Å². The first-order chi connectivity index (χ1) is 14.9. The van der Waals surface area contributed by atoms with Crippen molar-refractivity contribution in [1.29, 1.82) is 0 Å².